The molecule has 0 radical (unpaired) electrons. The van der Waals surface area contributed by atoms with Gasteiger partial charge in [-0.1, -0.05) is 0 Å². The van der Waals surface area contributed by atoms with Crippen molar-refractivity contribution in [1.29, 1.82) is 0 Å². The SMILES string of the molecule is COc1cc2c(cc1-c1nnc(-c3ccc(F)cc3OCCOCCNC(=O)OC(C)(C)C)c3sccc13)NC(=O)CC2. The number of aromatic nitrogens is 2. The highest BCUT2D eigenvalue weighted by atomic mass is 32.1. The second-order valence-corrected chi connectivity index (χ2v) is 11.8. The first-order valence-electron chi connectivity index (χ1n) is 13.9. The number of aryl methyl sites for hydroxylation is 1. The van der Waals surface area contributed by atoms with Crippen molar-refractivity contribution in [2.75, 3.05) is 38.8 Å². The van der Waals surface area contributed by atoms with Crippen LogP contribution in [0.1, 0.15) is 32.8 Å². The smallest absolute Gasteiger partial charge is 0.407 e. The molecule has 0 unspecified atom stereocenters. The van der Waals surface area contributed by atoms with E-state index in [0.29, 0.717) is 46.9 Å². The van der Waals surface area contributed by atoms with E-state index in [0.717, 1.165) is 21.3 Å². The Morgan fingerprint density at radius 2 is 1.84 bits per heavy atom. The average Bonchev–Trinajstić information content (AvgIpc) is 3.45. The van der Waals surface area contributed by atoms with Crippen LogP contribution in [0.2, 0.25) is 0 Å². The van der Waals surface area contributed by atoms with E-state index in [9.17, 15) is 14.0 Å². The van der Waals surface area contributed by atoms with Crippen LogP contribution in [-0.4, -0.2) is 61.3 Å². The van der Waals surface area contributed by atoms with E-state index in [4.69, 9.17) is 18.9 Å². The van der Waals surface area contributed by atoms with Crippen LogP contribution in [0.4, 0.5) is 14.9 Å². The first-order chi connectivity index (χ1) is 20.6. The van der Waals surface area contributed by atoms with Gasteiger partial charge in [-0.3, -0.25) is 4.79 Å². The third kappa shape index (κ3) is 7.20. The molecular formula is C31H33FN4O6S. The zero-order valence-electron chi connectivity index (χ0n) is 24.4. The van der Waals surface area contributed by atoms with Crippen LogP contribution in [0, 0.1) is 5.82 Å². The quantitative estimate of drug-likeness (QED) is 0.211. The molecular weight excluding hydrogens is 575 g/mol. The molecule has 1 aliphatic heterocycles. The number of alkyl carbamates (subject to hydrolysis) is 1. The highest BCUT2D eigenvalue weighted by Gasteiger charge is 2.23. The fourth-order valence-electron chi connectivity index (χ4n) is 4.68. The predicted octanol–water partition coefficient (Wildman–Crippen LogP) is 5.98. The Labute approximate surface area is 252 Å². The van der Waals surface area contributed by atoms with Gasteiger partial charge in [-0.05, 0) is 68.5 Å². The maximum absolute atomic E-state index is 14.3. The van der Waals surface area contributed by atoms with Crippen molar-refractivity contribution in [3.8, 4) is 34.0 Å². The first kappa shape index (κ1) is 30.2. The van der Waals surface area contributed by atoms with Gasteiger partial charge in [0.1, 0.15) is 40.9 Å². The first-order valence-corrected chi connectivity index (χ1v) is 14.7. The number of rotatable bonds is 10. The van der Waals surface area contributed by atoms with E-state index in [-0.39, 0.29) is 32.3 Å². The molecule has 226 valence electrons. The van der Waals surface area contributed by atoms with Crippen LogP contribution in [0.3, 0.4) is 0 Å². The van der Waals surface area contributed by atoms with E-state index in [2.05, 4.69) is 20.8 Å². The molecule has 5 rings (SSSR count). The number of nitrogens with one attached hydrogen (secondary N) is 2. The Hall–Kier alpha value is -4.29. The molecule has 1 aliphatic rings. The molecule has 2 aromatic carbocycles. The molecule has 2 aromatic heterocycles. The standard InChI is InChI=1S/C31H33FN4O6S/c1-31(2,3)42-30(38)33-10-11-40-12-13-41-25-16-19(32)6-7-20(25)28-29-21(9-14-43-29)27(35-36-28)22-17-23-18(15-24(22)39-4)5-8-26(37)34-23/h6-7,9,14-17H,5,8,10-13H2,1-4H3,(H,33,38)(H,34,37). The summed E-state index contributed by atoms with van der Waals surface area (Å²) in [5, 5.41) is 17.5. The lowest BCUT2D eigenvalue weighted by molar-refractivity contribution is -0.116. The molecule has 43 heavy (non-hydrogen) atoms. The van der Waals surface area contributed by atoms with Gasteiger partial charge in [0.2, 0.25) is 5.91 Å². The van der Waals surface area contributed by atoms with Crippen molar-refractivity contribution in [1.82, 2.24) is 15.5 Å². The molecule has 0 saturated heterocycles. The summed E-state index contributed by atoms with van der Waals surface area (Å²) < 4.78 is 37.5. The number of halogens is 1. The number of anilines is 1. The summed E-state index contributed by atoms with van der Waals surface area (Å²) in [5.74, 6) is 0.462. The zero-order valence-corrected chi connectivity index (χ0v) is 25.2. The number of thiophene rings is 1. The van der Waals surface area contributed by atoms with Crippen molar-refractivity contribution in [2.24, 2.45) is 0 Å². The van der Waals surface area contributed by atoms with Crippen LogP contribution in [0.15, 0.2) is 41.8 Å². The summed E-state index contributed by atoms with van der Waals surface area (Å²) in [4.78, 5) is 23.8. The number of fused-ring (bicyclic) bond motifs is 2. The summed E-state index contributed by atoms with van der Waals surface area (Å²) in [6, 6.07) is 10.0. The van der Waals surface area contributed by atoms with E-state index >= 15 is 0 Å². The molecule has 0 fully saturated rings. The summed E-state index contributed by atoms with van der Waals surface area (Å²) in [5.41, 5.74) is 3.62. The molecule has 0 aliphatic carbocycles. The molecule has 4 aromatic rings. The third-order valence-electron chi connectivity index (χ3n) is 6.56. The number of hydrogen-bond acceptors (Lipinski definition) is 9. The summed E-state index contributed by atoms with van der Waals surface area (Å²) in [6.07, 6.45) is 0.552. The molecule has 2 N–H and O–H groups in total. The lowest BCUT2D eigenvalue weighted by Crippen LogP contribution is -2.34. The second-order valence-electron chi connectivity index (χ2n) is 10.8. The Morgan fingerprint density at radius 1 is 1.02 bits per heavy atom. The minimum absolute atomic E-state index is 0.0302. The number of methoxy groups -OCH3 is 1. The maximum atomic E-state index is 14.3. The molecule has 12 heteroatoms. The van der Waals surface area contributed by atoms with Gasteiger partial charge >= 0.3 is 6.09 Å². The number of amides is 2. The summed E-state index contributed by atoms with van der Waals surface area (Å²) in [7, 11) is 1.60. The van der Waals surface area contributed by atoms with Crippen LogP contribution >= 0.6 is 11.3 Å². The van der Waals surface area contributed by atoms with E-state index in [1.165, 1.54) is 23.5 Å². The average molecular weight is 609 g/mol. The minimum Gasteiger partial charge on any atom is -0.496 e. The largest absolute Gasteiger partial charge is 0.496 e. The molecule has 0 spiro atoms. The Kier molecular flexibility index (Phi) is 9.07. The van der Waals surface area contributed by atoms with Crippen molar-refractivity contribution >= 4 is 39.1 Å². The van der Waals surface area contributed by atoms with Gasteiger partial charge < -0.3 is 29.6 Å². The molecule has 0 atom stereocenters. The Morgan fingerprint density at radius 3 is 2.63 bits per heavy atom. The second kappa shape index (κ2) is 12.9. The van der Waals surface area contributed by atoms with Gasteiger partial charge in [-0.2, -0.15) is 0 Å². The predicted molar refractivity (Wildman–Crippen MR) is 162 cm³/mol. The van der Waals surface area contributed by atoms with Crippen molar-refractivity contribution in [2.45, 2.75) is 39.2 Å². The molecule has 2 amide bonds. The van der Waals surface area contributed by atoms with E-state index < -0.39 is 17.5 Å². The summed E-state index contributed by atoms with van der Waals surface area (Å²) >= 11 is 1.48. The lowest BCUT2D eigenvalue weighted by Gasteiger charge is -2.20. The number of carbonyl (C=O) groups is 2. The van der Waals surface area contributed by atoms with Gasteiger partial charge in [0, 0.05) is 41.2 Å². The van der Waals surface area contributed by atoms with Gasteiger partial charge in [-0.15, -0.1) is 21.5 Å². The Bertz CT molecular complexity index is 1650. The minimum atomic E-state index is -0.576. The van der Waals surface area contributed by atoms with Crippen molar-refractivity contribution in [3.05, 3.63) is 53.2 Å². The van der Waals surface area contributed by atoms with Crippen LogP contribution < -0.4 is 20.1 Å². The lowest BCUT2D eigenvalue weighted by atomic mass is 9.97. The number of hydrogen-bond donors (Lipinski definition) is 2. The third-order valence-corrected chi connectivity index (χ3v) is 7.48. The van der Waals surface area contributed by atoms with Gasteiger partial charge in [-0.25, -0.2) is 9.18 Å². The Balaban J connectivity index is 1.32. The van der Waals surface area contributed by atoms with Crippen LogP contribution in [-0.2, 0) is 20.7 Å². The summed E-state index contributed by atoms with van der Waals surface area (Å²) in [6.45, 7) is 6.28. The topological polar surface area (TPSA) is 121 Å². The van der Waals surface area contributed by atoms with Gasteiger partial charge in [0.15, 0.2) is 0 Å². The highest BCUT2D eigenvalue weighted by Crippen LogP contribution is 2.43. The monoisotopic (exact) mass is 608 g/mol. The van der Waals surface area contributed by atoms with E-state index in [1.807, 2.05) is 23.6 Å². The van der Waals surface area contributed by atoms with Gasteiger partial charge in [0.25, 0.3) is 0 Å². The van der Waals surface area contributed by atoms with Crippen molar-refractivity contribution < 1.29 is 32.9 Å². The fourth-order valence-corrected chi connectivity index (χ4v) is 5.57. The van der Waals surface area contributed by atoms with Crippen LogP contribution in [0.25, 0.3) is 32.6 Å². The number of benzene rings is 2. The number of nitrogens with zero attached hydrogens (tertiary/aromatic N) is 2. The normalized spacial score (nSPS) is 12.9. The molecule has 0 bridgehead atoms. The molecule has 3 heterocycles. The number of ether oxygens (including phenoxy) is 4. The number of carbonyl (C=O) groups excluding carboxylic acids is 2. The van der Waals surface area contributed by atoms with Gasteiger partial charge in [0.05, 0.1) is 25.0 Å². The van der Waals surface area contributed by atoms with E-state index in [1.54, 1.807) is 33.9 Å². The molecule has 10 nitrogen and oxygen atoms in total. The molecule has 0 saturated carbocycles. The maximum Gasteiger partial charge on any atom is 0.407 e. The van der Waals surface area contributed by atoms with Crippen molar-refractivity contribution in [3.63, 3.8) is 0 Å². The fraction of sp³-hybridized carbons (Fsp3) is 0.355. The zero-order chi connectivity index (χ0) is 30.6. The highest BCUT2D eigenvalue weighted by molar-refractivity contribution is 7.17. The van der Waals surface area contributed by atoms with Crippen LogP contribution in [0.5, 0.6) is 11.5 Å².